The number of methoxy groups -OCH3 is 1. The molecule has 10 heteroatoms. The summed E-state index contributed by atoms with van der Waals surface area (Å²) in [6.07, 6.45) is 0. The van der Waals surface area contributed by atoms with Crippen LogP contribution in [-0.2, 0) is 27.6 Å². The maximum absolute atomic E-state index is 12.5. The minimum absolute atomic E-state index is 0.0829. The number of carbonyl (C=O) groups is 2. The van der Waals surface area contributed by atoms with Gasteiger partial charge >= 0.3 is 14.8 Å². The molecule has 1 amide bonds. The first-order chi connectivity index (χ1) is 13.0. The molecule has 148 valence electrons. The highest BCUT2D eigenvalue weighted by molar-refractivity contribution is 6.75. The Morgan fingerprint density at radius 3 is 2.22 bits per heavy atom. The first-order valence-electron chi connectivity index (χ1n) is 8.20. The van der Waals surface area contributed by atoms with Gasteiger partial charge in [0, 0.05) is 38.7 Å². The molecule has 0 radical (unpaired) electrons. The van der Waals surface area contributed by atoms with Crippen LogP contribution < -0.4 is 10.5 Å². The molecule has 0 fully saturated rings. The molecule has 1 aromatic rings. The van der Waals surface area contributed by atoms with Crippen molar-refractivity contribution in [2.45, 2.75) is 0 Å². The van der Waals surface area contributed by atoms with Gasteiger partial charge in [-0.05, 0) is 12.1 Å². The minimum atomic E-state index is -2.95. The van der Waals surface area contributed by atoms with E-state index in [9.17, 15) is 9.59 Å². The summed E-state index contributed by atoms with van der Waals surface area (Å²) >= 11 is 0. The third-order valence-corrected chi connectivity index (χ3v) is 6.92. The average molecular weight is 396 g/mol. The van der Waals surface area contributed by atoms with Gasteiger partial charge in [0.2, 0.25) is 0 Å². The molecular weight excluding hydrogens is 372 g/mol. The molecule has 27 heavy (non-hydrogen) atoms. The van der Waals surface area contributed by atoms with E-state index < -0.39 is 14.8 Å². The summed E-state index contributed by atoms with van der Waals surface area (Å²) in [6.45, 7) is 0.0204. The van der Waals surface area contributed by atoms with Gasteiger partial charge in [-0.3, -0.25) is 4.79 Å². The molecule has 0 aromatic heterocycles. The van der Waals surface area contributed by atoms with E-state index in [1.807, 2.05) is 0 Å². The van der Waals surface area contributed by atoms with Crippen molar-refractivity contribution in [1.29, 1.82) is 0 Å². The number of nitrogens with one attached hydrogen (secondary N) is 1. The van der Waals surface area contributed by atoms with Gasteiger partial charge in [-0.25, -0.2) is 4.79 Å². The van der Waals surface area contributed by atoms with Gasteiger partial charge in [0.15, 0.2) is 0 Å². The van der Waals surface area contributed by atoms with E-state index in [0.717, 1.165) is 5.19 Å². The average Bonchev–Trinajstić information content (AvgIpc) is 3.00. The van der Waals surface area contributed by atoms with Crippen molar-refractivity contribution in [1.82, 2.24) is 4.90 Å². The quantitative estimate of drug-likeness (QED) is 0.423. The number of aliphatic hydroxyl groups is 1. The van der Waals surface area contributed by atoms with Crippen molar-refractivity contribution in [3.05, 3.63) is 35.5 Å². The van der Waals surface area contributed by atoms with Crippen LogP contribution in [-0.4, -0.2) is 78.8 Å². The number of β-amino-alcohol motifs (C(OH)–C–C–N with tert-alkyl or cyclic N) is 1. The first kappa shape index (κ1) is 21.1. The number of rotatable bonds is 9. The number of ether oxygens (including phenoxy) is 1. The minimum Gasteiger partial charge on any atom is -0.466 e. The maximum atomic E-state index is 12.5. The molecule has 0 spiro atoms. The summed E-state index contributed by atoms with van der Waals surface area (Å²) < 4.78 is 21.1. The summed E-state index contributed by atoms with van der Waals surface area (Å²) in [5.74, 6) is -0.963. The number of hydrogen-bond donors (Lipinski definition) is 2. The number of esters is 1. The molecule has 0 bridgehead atoms. The Balaban J connectivity index is 2.28. The molecule has 1 aliphatic heterocycles. The molecule has 1 aromatic carbocycles. The predicted molar refractivity (Wildman–Crippen MR) is 99.2 cm³/mol. The third kappa shape index (κ3) is 4.20. The molecule has 0 saturated heterocycles. The largest absolute Gasteiger partial charge is 0.536 e. The Hall–Kier alpha value is -2.24. The number of anilines is 1. The Bertz CT molecular complexity index is 708. The topological polar surface area (TPSA) is 107 Å². The van der Waals surface area contributed by atoms with Crippen molar-refractivity contribution < 1.29 is 32.7 Å². The van der Waals surface area contributed by atoms with Gasteiger partial charge in [-0.15, -0.1) is 0 Å². The number of benzene rings is 1. The number of amides is 1. The SMILES string of the molecule is COC(=O)C1=C(Nc2ccc([Si](OC)(OC)OC)cc2)C(=O)N(CCO)C1. The highest BCUT2D eigenvalue weighted by atomic mass is 28.4. The van der Waals surface area contributed by atoms with Gasteiger partial charge < -0.3 is 33.3 Å². The van der Waals surface area contributed by atoms with E-state index in [1.165, 1.54) is 33.3 Å². The highest BCUT2D eigenvalue weighted by Crippen LogP contribution is 2.22. The number of hydrogen-bond acceptors (Lipinski definition) is 8. The lowest BCUT2D eigenvalue weighted by Gasteiger charge is -2.24. The van der Waals surface area contributed by atoms with Crippen molar-refractivity contribution >= 4 is 31.6 Å². The van der Waals surface area contributed by atoms with E-state index in [1.54, 1.807) is 24.3 Å². The summed E-state index contributed by atoms with van der Waals surface area (Å²) in [5.41, 5.74) is 0.951. The second-order valence-electron chi connectivity index (χ2n) is 5.67. The first-order valence-corrected chi connectivity index (χ1v) is 9.93. The van der Waals surface area contributed by atoms with Gasteiger partial charge in [0.25, 0.3) is 5.91 Å². The van der Waals surface area contributed by atoms with E-state index in [-0.39, 0.29) is 36.9 Å². The van der Waals surface area contributed by atoms with E-state index in [2.05, 4.69) is 5.32 Å². The molecule has 1 aliphatic rings. The molecular formula is C17H24N2O7Si. The van der Waals surface area contributed by atoms with Gasteiger partial charge in [0.1, 0.15) is 5.70 Å². The van der Waals surface area contributed by atoms with Crippen molar-refractivity contribution in [2.24, 2.45) is 0 Å². The standard InChI is InChI=1S/C17H24N2O7Si/c1-23-17(22)14-11-19(9-10-20)16(21)15(14)18-12-5-7-13(8-6-12)27(24-2,25-3)26-4/h5-8,18,20H,9-11H2,1-4H3. The van der Waals surface area contributed by atoms with Crippen LogP contribution in [0.4, 0.5) is 5.69 Å². The van der Waals surface area contributed by atoms with Crippen LogP contribution in [0.3, 0.4) is 0 Å². The molecule has 0 saturated carbocycles. The molecule has 9 nitrogen and oxygen atoms in total. The monoisotopic (exact) mass is 396 g/mol. The van der Waals surface area contributed by atoms with Crippen LogP contribution in [0.25, 0.3) is 0 Å². The zero-order valence-electron chi connectivity index (χ0n) is 15.8. The van der Waals surface area contributed by atoms with E-state index in [4.69, 9.17) is 23.1 Å². The fourth-order valence-corrected chi connectivity index (χ4v) is 4.64. The van der Waals surface area contributed by atoms with Crippen molar-refractivity contribution in [3.8, 4) is 0 Å². The van der Waals surface area contributed by atoms with Crippen molar-refractivity contribution in [3.63, 3.8) is 0 Å². The highest BCUT2D eigenvalue weighted by Gasteiger charge is 2.40. The number of aliphatic hydroxyl groups excluding tert-OH is 1. The lowest BCUT2D eigenvalue weighted by Crippen LogP contribution is -2.54. The Morgan fingerprint density at radius 2 is 1.74 bits per heavy atom. The second-order valence-corrected chi connectivity index (χ2v) is 8.58. The number of nitrogens with zero attached hydrogens (tertiary/aromatic N) is 1. The molecule has 0 unspecified atom stereocenters. The Kier molecular flexibility index (Phi) is 7.10. The van der Waals surface area contributed by atoms with Gasteiger partial charge in [-0.1, -0.05) is 12.1 Å². The zero-order valence-corrected chi connectivity index (χ0v) is 16.8. The molecule has 0 atom stereocenters. The van der Waals surface area contributed by atoms with Crippen molar-refractivity contribution in [2.75, 3.05) is 53.5 Å². The fraction of sp³-hybridized carbons (Fsp3) is 0.412. The maximum Gasteiger partial charge on any atom is 0.536 e. The lowest BCUT2D eigenvalue weighted by atomic mass is 10.2. The van der Waals surface area contributed by atoms with Crippen LogP contribution in [0, 0.1) is 0 Å². The smallest absolute Gasteiger partial charge is 0.466 e. The molecule has 0 aliphatic carbocycles. The van der Waals surface area contributed by atoms with Crippen LogP contribution in [0.15, 0.2) is 35.5 Å². The second kappa shape index (κ2) is 9.11. The lowest BCUT2D eigenvalue weighted by molar-refractivity contribution is -0.136. The Labute approximate surface area is 158 Å². The third-order valence-electron chi connectivity index (χ3n) is 4.27. The predicted octanol–water partition coefficient (Wildman–Crippen LogP) is -0.555. The summed E-state index contributed by atoms with van der Waals surface area (Å²) in [5, 5.41) is 12.8. The van der Waals surface area contributed by atoms with Crippen LogP contribution in [0.5, 0.6) is 0 Å². The van der Waals surface area contributed by atoms with E-state index in [0.29, 0.717) is 5.69 Å². The molecule has 2 N–H and O–H groups in total. The number of carbonyl (C=O) groups excluding carboxylic acids is 2. The fourth-order valence-electron chi connectivity index (χ4n) is 2.85. The summed E-state index contributed by atoms with van der Waals surface area (Å²) in [6, 6.07) is 7.01. The van der Waals surface area contributed by atoms with Crippen LogP contribution in [0.2, 0.25) is 0 Å². The van der Waals surface area contributed by atoms with E-state index >= 15 is 0 Å². The van der Waals surface area contributed by atoms with Gasteiger partial charge in [0.05, 0.1) is 25.8 Å². The van der Waals surface area contributed by atoms with Gasteiger partial charge in [-0.2, -0.15) is 0 Å². The molecule has 2 rings (SSSR count). The summed E-state index contributed by atoms with van der Waals surface area (Å²) in [4.78, 5) is 25.9. The molecule has 1 heterocycles. The summed E-state index contributed by atoms with van der Waals surface area (Å²) in [7, 11) is 2.86. The van der Waals surface area contributed by atoms with Crippen LogP contribution >= 0.6 is 0 Å². The normalized spacial score (nSPS) is 14.7. The van der Waals surface area contributed by atoms with Crippen LogP contribution in [0.1, 0.15) is 0 Å². The Morgan fingerprint density at radius 1 is 1.15 bits per heavy atom. The zero-order chi connectivity index (χ0) is 20.0.